The van der Waals surface area contributed by atoms with Gasteiger partial charge in [-0.3, -0.25) is 0 Å². The topological polar surface area (TPSA) is 98.5 Å². The summed E-state index contributed by atoms with van der Waals surface area (Å²) in [5, 5.41) is 0.706. The summed E-state index contributed by atoms with van der Waals surface area (Å²) in [6.45, 7) is 2.29. The van der Waals surface area contributed by atoms with Gasteiger partial charge in [0.2, 0.25) is 10.0 Å². The fraction of sp³-hybridized carbons (Fsp3) is 0.438. The van der Waals surface area contributed by atoms with Crippen molar-refractivity contribution in [1.82, 2.24) is 4.72 Å². The molecular weight excluding hydrogens is 348 g/mol. The molecule has 3 rings (SSSR count). The Balaban J connectivity index is 1.82. The third-order valence-electron chi connectivity index (χ3n) is 4.24. The van der Waals surface area contributed by atoms with E-state index in [1.807, 2.05) is 0 Å². The van der Waals surface area contributed by atoms with E-state index >= 15 is 0 Å². The van der Waals surface area contributed by atoms with Gasteiger partial charge in [-0.1, -0.05) is 0 Å². The molecule has 1 heterocycles. The Bertz CT molecular complexity index is 869. The predicted octanol–water partition coefficient (Wildman–Crippen LogP) is 2.24. The lowest BCUT2D eigenvalue weighted by atomic mass is 9.78. The molecule has 3 N–H and O–H groups in total. The summed E-state index contributed by atoms with van der Waals surface area (Å²) in [6, 6.07) is 6.48. The Labute approximate surface area is 145 Å². The molecule has 8 heteroatoms. The maximum absolute atomic E-state index is 12.5. The van der Waals surface area contributed by atoms with Crippen LogP contribution < -0.4 is 10.5 Å². The Morgan fingerprint density at radius 2 is 2.12 bits per heavy atom. The van der Waals surface area contributed by atoms with Crippen molar-refractivity contribution in [1.29, 1.82) is 0 Å². The van der Waals surface area contributed by atoms with E-state index < -0.39 is 21.5 Å². The molecule has 0 aliphatic heterocycles. The van der Waals surface area contributed by atoms with E-state index in [4.69, 9.17) is 10.5 Å². The van der Waals surface area contributed by atoms with E-state index in [9.17, 15) is 13.2 Å². The summed E-state index contributed by atoms with van der Waals surface area (Å²) >= 11 is 1.29. The normalized spacial score (nSPS) is 16.8. The first kappa shape index (κ1) is 17.3. The number of nitrogens with one attached hydrogen (secondary N) is 1. The van der Waals surface area contributed by atoms with E-state index in [1.54, 1.807) is 31.2 Å². The molecule has 0 radical (unpaired) electrons. The molecular formula is C16H20N2O4S2. The molecule has 1 fully saturated rings. The summed E-state index contributed by atoms with van der Waals surface area (Å²) in [4.78, 5) is 12.4. The van der Waals surface area contributed by atoms with Gasteiger partial charge in [0, 0.05) is 16.8 Å². The fourth-order valence-corrected chi connectivity index (χ4v) is 4.73. The van der Waals surface area contributed by atoms with E-state index in [1.165, 1.54) is 11.3 Å². The first-order chi connectivity index (χ1) is 11.3. The van der Waals surface area contributed by atoms with Gasteiger partial charge in [0.25, 0.3) is 0 Å². The molecule has 1 aliphatic rings. The van der Waals surface area contributed by atoms with Gasteiger partial charge in [0.1, 0.15) is 4.88 Å². The molecule has 1 aromatic carbocycles. The summed E-state index contributed by atoms with van der Waals surface area (Å²) in [5.41, 5.74) is 5.65. The third kappa shape index (κ3) is 3.46. The second-order valence-electron chi connectivity index (χ2n) is 6.07. The molecule has 0 spiro atoms. The number of hydrogen-bond donors (Lipinski definition) is 2. The highest BCUT2D eigenvalue weighted by Gasteiger charge is 2.33. The van der Waals surface area contributed by atoms with Gasteiger partial charge < -0.3 is 10.5 Å². The van der Waals surface area contributed by atoms with Gasteiger partial charge in [-0.15, -0.1) is 11.3 Å². The number of ether oxygens (including phenoxy) is 1. The molecule has 1 aromatic heterocycles. The van der Waals surface area contributed by atoms with Crippen LogP contribution >= 0.6 is 11.3 Å². The second kappa shape index (κ2) is 6.44. The molecule has 2 aromatic rings. The summed E-state index contributed by atoms with van der Waals surface area (Å²) < 4.78 is 33.3. The van der Waals surface area contributed by atoms with Crippen molar-refractivity contribution in [2.45, 2.75) is 36.6 Å². The van der Waals surface area contributed by atoms with Crippen LogP contribution in [0.3, 0.4) is 0 Å². The zero-order valence-corrected chi connectivity index (χ0v) is 15.0. The lowest BCUT2D eigenvalue weighted by molar-refractivity contribution is 0.0532. The average Bonchev–Trinajstić information content (AvgIpc) is 2.94. The third-order valence-corrected chi connectivity index (χ3v) is 6.73. The lowest BCUT2D eigenvalue weighted by Gasteiger charge is -2.37. The molecule has 0 bridgehead atoms. The number of esters is 1. The van der Waals surface area contributed by atoms with Crippen molar-refractivity contribution in [2.75, 3.05) is 13.2 Å². The maximum atomic E-state index is 12.5. The number of nitrogens with two attached hydrogens (primary N) is 1. The van der Waals surface area contributed by atoms with Crippen LogP contribution in [-0.2, 0) is 14.8 Å². The highest BCUT2D eigenvalue weighted by atomic mass is 32.2. The molecule has 0 saturated heterocycles. The summed E-state index contributed by atoms with van der Waals surface area (Å²) in [5.74, 6) is -0.392. The molecule has 0 unspecified atom stereocenters. The van der Waals surface area contributed by atoms with Crippen molar-refractivity contribution in [2.24, 2.45) is 5.73 Å². The number of fused-ring (bicyclic) bond motifs is 1. The number of sulfonamides is 1. The predicted molar refractivity (Wildman–Crippen MR) is 93.7 cm³/mol. The highest BCUT2D eigenvalue weighted by molar-refractivity contribution is 7.89. The molecule has 1 saturated carbocycles. The summed E-state index contributed by atoms with van der Waals surface area (Å²) in [7, 11) is -3.62. The Morgan fingerprint density at radius 3 is 2.75 bits per heavy atom. The smallest absolute Gasteiger partial charge is 0.348 e. The Hall–Kier alpha value is -1.48. The molecule has 130 valence electrons. The zero-order valence-electron chi connectivity index (χ0n) is 13.4. The lowest BCUT2D eigenvalue weighted by Crippen LogP contribution is -2.54. The SMILES string of the molecule is CCOC(=O)c1cc2cc(S(=O)(=O)NCC3(N)CCC3)ccc2s1. The largest absolute Gasteiger partial charge is 0.462 e. The van der Waals surface area contributed by atoms with Crippen molar-refractivity contribution < 1.29 is 17.9 Å². The van der Waals surface area contributed by atoms with Crippen LogP contribution in [0.25, 0.3) is 10.1 Å². The minimum absolute atomic E-state index is 0.172. The van der Waals surface area contributed by atoms with E-state index in [-0.39, 0.29) is 11.4 Å². The standard InChI is InChI=1S/C16H20N2O4S2/c1-2-22-15(19)14-9-11-8-12(4-5-13(11)23-14)24(20,21)18-10-16(17)6-3-7-16/h4-5,8-9,18H,2-3,6-7,10,17H2,1H3. The van der Waals surface area contributed by atoms with Gasteiger partial charge in [-0.2, -0.15) is 0 Å². The number of thiophene rings is 1. The van der Waals surface area contributed by atoms with Gasteiger partial charge in [0.05, 0.1) is 11.5 Å². The zero-order chi connectivity index (χ0) is 17.4. The first-order valence-electron chi connectivity index (χ1n) is 7.82. The van der Waals surface area contributed by atoms with Crippen LogP contribution in [0.2, 0.25) is 0 Å². The van der Waals surface area contributed by atoms with Crippen LogP contribution in [0.1, 0.15) is 35.9 Å². The average molecular weight is 368 g/mol. The number of hydrogen-bond acceptors (Lipinski definition) is 6. The van der Waals surface area contributed by atoms with Crippen LogP contribution in [0.15, 0.2) is 29.2 Å². The summed E-state index contributed by atoms with van der Waals surface area (Å²) in [6.07, 6.45) is 2.71. The number of carbonyl (C=O) groups excluding carboxylic acids is 1. The van der Waals surface area contributed by atoms with Crippen molar-refractivity contribution in [3.8, 4) is 0 Å². The van der Waals surface area contributed by atoms with Crippen molar-refractivity contribution in [3.05, 3.63) is 29.1 Å². The molecule has 0 atom stereocenters. The number of rotatable bonds is 6. The van der Waals surface area contributed by atoms with Crippen LogP contribution in [0.5, 0.6) is 0 Å². The van der Waals surface area contributed by atoms with Gasteiger partial charge >= 0.3 is 5.97 Å². The quantitative estimate of drug-likeness (QED) is 0.762. The maximum Gasteiger partial charge on any atom is 0.348 e. The van der Waals surface area contributed by atoms with Gasteiger partial charge in [0.15, 0.2) is 0 Å². The van der Waals surface area contributed by atoms with E-state index in [0.29, 0.717) is 16.9 Å². The minimum atomic E-state index is -3.62. The van der Waals surface area contributed by atoms with Gasteiger partial charge in [-0.05, 0) is 55.8 Å². The molecule has 0 amide bonds. The molecule has 24 heavy (non-hydrogen) atoms. The van der Waals surface area contributed by atoms with Crippen molar-refractivity contribution in [3.63, 3.8) is 0 Å². The van der Waals surface area contributed by atoms with E-state index in [2.05, 4.69) is 4.72 Å². The van der Waals surface area contributed by atoms with Crippen LogP contribution in [0, 0.1) is 0 Å². The Morgan fingerprint density at radius 1 is 1.38 bits per heavy atom. The van der Waals surface area contributed by atoms with E-state index in [0.717, 1.165) is 24.0 Å². The van der Waals surface area contributed by atoms with Crippen LogP contribution in [-0.4, -0.2) is 33.1 Å². The van der Waals surface area contributed by atoms with Crippen LogP contribution in [0.4, 0.5) is 0 Å². The molecule has 1 aliphatic carbocycles. The first-order valence-corrected chi connectivity index (χ1v) is 10.1. The van der Waals surface area contributed by atoms with Gasteiger partial charge in [-0.25, -0.2) is 17.9 Å². The Kier molecular flexibility index (Phi) is 4.65. The fourth-order valence-electron chi connectivity index (χ4n) is 2.62. The number of benzene rings is 1. The van der Waals surface area contributed by atoms with Crippen molar-refractivity contribution >= 4 is 37.4 Å². The minimum Gasteiger partial charge on any atom is -0.462 e. The second-order valence-corrected chi connectivity index (χ2v) is 8.92. The number of carbonyl (C=O) groups is 1. The monoisotopic (exact) mass is 368 g/mol. The highest BCUT2D eigenvalue weighted by Crippen LogP contribution is 2.30. The molecule has 6 nitrogen and oxygen atoms in total.